The summed E-state index contributed by atoms with van der Waals surface area (Å²) in [6, 6.07) is 13.9. The lowest BCUT2D eigenvalue weighted by Gasteiger charge is -2.07. The molecule has 2 aromatic heterocycles. The number of nitrogens with zero attached hydrogens (tertiary/aromatic N) is 4. The van der Waals surface area contributed by atoms with Crippen molar-refractivity contribution in [3.8, 4) is 11.5 Å². The highest BCUT2D eigenvalue weighted by Crippen LogP contribution is 2.29. The molecule has 0 aliphatic carbocycles. The Morgan fingerprint density at radius 3 is 2.50 bits per heavy atom. The van der Waals surface area contributed by atoms with Gasteiger partial charge in [-0.1, -0.05) is 35.5 Å². The molecule has 10 heteroatoms. The van der Waals surface area contributed by atoms with Crippen LogP contribution < -0.4 is 5.32 Å². The van der Waals surface area contributed by atoms with E-state index in [-0.39, 0.29) is 18.1 Å². The second-order valence-corrected chi connectivity index (χ2v) is 6.35. The van der Waals surface area contributed by atoms with Crippen LogP contribution in [0.2, 0.25) is 0 Å². The van der Waals surface area contributed by atoms with Gasteiger partial charge in [-0.3, -0.25) is 4.79 Å². The molecule has 0 aliphatic rings. The third-order valence-electron chi connectivity index (χ3n) is 4.16. The van der Waals surface area contributed by atoms with Crippen molar-refractivity contribution in [2.45, 2.75) is 12.7 Å². The fourth-order valence-corrected chi connectivity index (χ4v) is 2.69. The molecule has 1 amide bonds. The van der Waals surface area contributed by atoms with Gasteiger partial charge >= 0.3 is 6.18 Å². The van der Waals surface area contributed by atoms with Gasteiger partial charge in [0.05, 0.1) is 18.3 Å². The predicted octanol–water partition coefficient (Wildman–Crippen LogP) is 4.25. The number of anilines is 1. The number of amides is 1. The van der Waals surface area contributed by atoms with Crippen LogP contribution in [0.5, 0.6) is 0 Å². The van der Waals surface area contributed by atoms with E-state index in [2.05, 4.69) is 20.6 Å². The van der Waals surface area contributed by atoms with Crippen LogP contribution in [-0.2, 0) is 12.7 Å². The van der Waals surface area contributed by atoms with E-state index in [0.717, 1.165) is 17.7 Å². The lowest BCUT2D eigenvalue weighted by molar-refractivity contribution is -0.137. The average Bonchev–Trinajstić information content (AvgIpc) is 3.38. The molecule has 0 unspecified atom stereocenters. The second-order valence-electron chi connectivity index (χ2n) is 6.35. The molecule has 0 aliphatic heterocycles. The van der Waals surface area contributed by atoms with Crippen LogP contribution in [0.1, 0.15) is 21.6 Å². The van der Waals surface area contributed by atoms with Crippen LogP contribution >= 0.6 is 0 Å². The molecule has 0 saturated carbocycles. The number of hydrogen-bond acceptors (Lipinski definition) is 5. The van der Waals surface area contributed by atoms with Gasteiger partial charge in [-0.25, -0.2) is 9.67 Å². The highest BCUT2D eigenvalue weighted by atomic mass is 19.4. The van der Waals surface area contributed by atoms with Crippen molar-refractivity contribution in [1.82, 2.24) is 20.0 Å². The average molecular weight is 413 g/mol. The van der Waals surface area contributed by atoms with Crippen molar-refractivity contribution in [3.05, 3.63) is 83.9 Å². The minimum Gasteiger partial charge on any atom is -0.444 e. The number of carbonyl (C=O) groups is 1. The Bertz CT molecular complexity index is 1150. The summed E-state index contributed by atoms with van der Waals surface area (Å²) in [4.78, 5) is 16.5. The van der Waals surface area contributed by atoms with Crippen molar-refractivity contribution in [2.24, 2.45) is 0 Å². The summed E-state index contributed by atoms with van der Waals surface area (Å²) in [5.41, 5.74) is 0.695. The molecule has 0 fully saturated rings. The van der Waals surface area contributed by atoms with Crippen LogP contribution in [0.15, 0.2) is 71.5 Å². The first-order valence-corrected chi connectivity index (χ1v) is 8.77. The summed E-state index contributed by atoms with van der Waals surface area (Å²) in [5.74, 6) is -0.0367. The molecule has 0 atom stereocenters. The van der Waals surface area contributed by atoms with E-state index in [9.17, 15) is 18.0 Å². The van der Waals surface area contributed by atoms with Crippen molar-refractivity contribution in [2.75, 3.05) is 5.32 Å². The molecule has 2 aromatic carbocycles. The first-order valence-electron chi connectivity index (χ1n) is 8.77. The maximum absolute atomic E-state index is 12.6. The summed E-state index contributed by atoms with van der Waals surface area (Å²) in [6.45, 7) is 0.198. The number of aromatic nitrogens is 4. The molecule has 7 nitrogen and oxygen atoms in total. The molecule has 0 bridgehead atoms. The summed E-state index contributed by atoms with van der Waals surface area (Å²) in [5, 5.41) is 10.3. The lowest BCUT2D eigenvalue weighted by atomic mass is 10.1. The number of halogens is 3. The Labute approximate surface area is 168 Å². The topological polar surface area (TPSA) is 85.8 Å². The Morgan fingerprint density at radius 2 is 1.80 bits per heavy atom. The van der Waals surface area contributed by atoms with Crippen molar-refractivity contribution < 1.29 is 22.4 Å². The van der Waals surface area contributed by atoms with Crippen LogP contribution in [0, 0.1) is 0 Å². The van der Waals surface area contributed by atoms with Crippen LogP contribution in [-0.4, -0.2) is 25.9 Å². The summed E-state index contributed by atoms with van der Waals surface area (Å²) in [7, 11) is 0. The molecule has 2 heterocycles. The van der Waals surface area contributed by atoms with Crippen molar-refractivity contribution in [3.63, 3.8) is 0 Å². The molecule has 4 rings (SSSR count). The highest BCUT2D eigenvalue weighted by Gasteiger charge is 2.29. The van der Waals surface area contributed by atoms with E-state index in [1.807, 2.05) is 18.2 Å². The number of oxazole rings is 1. The van der Waals surface area contributed by atoms with E-state index in [0.29, 0.717) is 11.5 Å². The number of carbonyl (C=O) groups excluding carboxylic acids is 1. The Balaban J connectivity index is 1.40. The summed E-state index contributed by atoms with van der Waals surface area (Å²) >= 11 is 0. The number of alkyl halides is 3. The van der Waals surface area contributed by atoms with E-state index in [1.54, 1.807) is 12.1 Å². The van der Waals surface area contributed by atoms with Crippen LogP contribution in [0.3, 0.4) is 0 Å². The zero-order valence-corrected chi connectivity index (χ0v) is 15.3. The Kier molecular flexibility index (Phi) is 5.05. The first-order chi connectivity index (χ1) is 14.4. The Morgan fingerprint density at radius 1 is 1.07 bits per heavy atom. The number of hydrogen-bond donors (Lipinski definition) is 1. The molecular weight excluding hydrogens is 399 g/mol. The van der Waals surface area contributed by atoms with E-state index >= 15 is 0 Å². The zero-order valence-electron chi connectivity index (χ0n) is 15.3. The van der Waals surface area contributed by atoms with Gasteiger partial charge in [-0.05, 0) is 29.8 Å². The van der Waals surface area contributed by atoms with Crippen molar-refractivity contribution in [1.29, 1.82) is 0 Å². The number of rotatable bonds is 5. The maximum Gasteiger partial charge on any atom is 0.416 e. The van der Waals surface area contributed by atoms with Gasteiger partial charge in [0.25, 0.3) is 5.91 Å². The third kappa shape index (κ3) is 4.37. The zero-order chi connectivity index (χ0) is 21.1. The second kappa shape index (κ2) is 7.82. The van der Waals surface area contributed by atoms with Gasteiger partial charge in [0.1, 0.15) is 6.26 Å². The van der Waals surface area contributed by atoms with E-state index in [1.165, 1.54) is 29.3 Å². The monoisotopic (exact) mass is 413 g/mol. The molecule has 30 heavy (non-hydrogen) atoms. The van der Waals surface area contributed by atoms with Gasteiger partial charge in [-0.15, -0.1) is 5.10 Å². The maximum atomic E-state index is 12.6. The SMILES string of the molecule is O=C(Nc1cn(Cc2ccc(C(F)(F)F)cc2)nn1)c1coc(-c2ccccc2)n1. The van der Waals surface area contributed by atoms with Gasteiger partial charge in [0, 0.05) is 5.56 Å². The minimum absolute atomic E-state index is 0.0751. The van der Waals surface area contributed by atoms with Crippen LogP contribution in [0.25, 0.3) is 11.5 Å². The molecule has 4 aromatic rings. The van der Waals surface area contributed by atoms with Gasteiger partial charge in [0.2, 0.25) is 5.89 Å². The van der Waals surface area contributed by atoms with E-state index in [4.69, 9.17) is 4.42 Å². The summed E-state index contributed by atoms with van der Waals surface area (Å²) < 4.78 is 44.6. The van der Waals surface area contributed by atoms with E-state index < -0.39 is 17.6 Å². The molecule has 0 saturated heterocycles. The fraction of sp³-hybridized carbons (Fsp3) is 0.100. The minimum atomic E-state index is -4.38. The number of benzene rings is 2. The third-order valence-corrected chi connectivity index (χ3v) is 4.16. The standard InChI is InChI=1S/C20H14F3N5O2/c21-20(22,23)15-8-6-13(7-9-15)10-28-11-17(26-27-28)25-18(29)16-12-30-19(24-16)14-4-2-1-3-5-14/h1-9,11-12H,10H2,(H,25,29). The van der Waals surface area contributed by atoms with Gasteiger partial charge in [0.15, 0.2) is 11.5 Å². The highest BCUT2D eigenvalue weighted by molar-refractivity contribution is 6.02. The van der Waals surface area contributed by atoms with Crippen LogP contribution in [0.4, 0.5) is 19.0 Å². The molecule has 1 N–H and O–H groups in total. The first kappa shape index (κ1) is 19.4. The molecule has 152 valence electrons. The Hall–Kier alpha value is -3.95. The quantitative estimate of drug-likeness (QED) is 0.529. The smallest absolute Gasteiger partial charge is 0.416 e. The van der Waals surface area contributed by atoms with Gasteiger partial charge < -0.3 is 9.73 Å². The predicted molar refractivity (Wildman–Crippen MR) is 100 cm³/mol. The lowest BCUT2D eigenvalue weighted by Crippen LogP contribution is -2.12. The van der Waals surface area contributed by atoms with Crippen molar-refractivity contribution >= 4 is 11.7 Å². The molecule has 0 spiro atoms. The van der Waals surface area contributed by atoms with Gasteiger partial charge in [-0.2, -0.15) is 13.2 Å². The normalized spacial score (nSPS) is 11.4. The molecular formula is C20H14F3N5O2. The molecule has 0 radical (unpaired) electrons. The number of nitrogens with one attached hydrogen (secondary N) is 1. The fourth-order valence-electron chi connectivity index (χ4n) is 2.69. The summed E-state index contributed by atoms with van der Waals surface area (Å²) in [6.07, 6.45) is -1.68. The largest absolute Gasteiger partial charge is 0.444 e.